The van der Waals surface area contributed by atoms with E-state index in [1.54, 1.807) is 12.1 Å². The normalized spacial score (nSPS) is 11.9. The number of aromatic nitrogens is 5. The molecule has 1 aromatic carbocycles. The molecule has 0 fully saturated rings. The van der Waals surface area contributed by atoms with Crippen LogP contribution in [-0.4, -0.2) is 25.0 Å². The summed E-state index contributed by atoms with van der Waals surface area (Å²) in [5.74, 6) is -0.289. The minimum Gasteiger partial charge on any atom is -0.382 e. The molecule has 0 spiro atoms. The van der Waals surface area contributed by atoms with Crippen LogP contribution < -0.4 is 11.1 Å². The van der Waals surface area contributed by atoms with Crippen molar-refractivity contribution in [3.8, 4) is 0 Å². The first-order chi connectivity index (χ1) is 13.3. The molecular weight excluding hydrogens is 398 g/mol. The van der Waals surface area contributed by atoms with Gasteiger partial charge in [-0.05, 0) is 36.4 Å². The number of anilines is 3. The van der Waals surface area contributed by atoms with Crippen LogP contribution in [0.25, 0.3) is 11.0 Å². The van der Waals surface area contributed by atoms with E-state index in [0.717, 1.165) is 6.07 Å². The van der Waals surface area contributed by atoms with Crippen molar-refractivity contribution >= 4 is 39.0 Å². The third-order valence-electron chi connectivity index (χ3n) is 3.76. The second kappa shape index (κ2) is 6.71. The fourth-order valence-corrected chi connectivity index (χ4v) is 3.24. The van der Waals surface area contributed by atoms with Crippen LogP contribution in [0.4, 0.5) is 34.2 Å². The molecule has 0 saturated heterocycles. The maximum atomic E-state index is 13.0. The van der Waals surface area contributed by atoms with Crippen LogP contribution in [0.1, 0.15) is 10.7 Å². The van der Waals surface area contributed by atoms with Gasteiger partial charge in [-0.2, -0.15) is 18.3 Å². The molecule has 12 heteroatoms. The first-order valence-corrected chi connectivity index (χ1v) is 8.66. The molecule has 0 aliphatic rings. The van der Waals surface area contributed by atoms with Crippen molar-refractivity contribution in [2.75, 3.05) is 11.1 Å². The van der Waals surface area contributed by atoms with Crippen molar-refractivity contribution in [1.29, 1.82) is 0 Å². The molecule has 4 aromatic rings. The summed E-state index contributed by atoms with van der Waals surface area (Å²) in [6.07, 6.45) is -4.58. The molecule has 3 heterocycles. The molecule has 0 aliphatic carbocycles. The standard InChI is InChI=1S/C16H11F4N7S/c17-8-1-3-9(4-2-8)22-15-25-24-12(28-15)7-27-14-10(13(21)26-27)5-6-11(23-14)16(18,19)20/h1-6H,7H2,(H2,21,26)(H,22,25). The Morgan fingerprint density at radius 1 is 1.07 bits per heavy atom. The third kappa shape index (κ3) is 3.58. The van der Waals surface area contributed by atoms with Crippen LogP contribution in [0, 0.1) is 5.82 Å². The lowest BCUT2D eigenvalue weighted by Crippen LogP contribution is -2.09. The van der Waals surface area contributed by atoms with Crippen LogP contribution in [0.2, 0.25) is 0 Å². The monoisotopic (exact) mass is 409 g/mol. The van der Waals surface area contributed by atoms with Crippen molar-refractivity contribution in [2.24, 2.45) is 0 Å². The molecule has 0 unspecified atom stereocenters. The zero-order valence-electron chi connectivity index (χ0n) is 13.9. The highest BCUT2D eigenvalue weighted by Gasteiger charge is 2.33. The fraction of sp³-hybridized carbons (Fsp3) is 0.125. The molecule has 7 nitrogen and oxygen atoms in total. The van der Waals surface area contributed by atoms with Gasteiger partial charge in [0.25, 0.3) is 0 Å². The lowest BCUT2D eigenvalue weighted by Gasteiger charge is -2.06. The molecule has 144 valence electrons. The highest BCUT2D eigenvalue weighted by molar-refractivity contribution is 7.15. The van der Waals surface area contributed by atoms with Crippen LogP contribution in [0.15, 0.2) is 36.4 Å². The average molecular weight is 409 g/mol. The summed E-state index contributed by atoms with van der Waals surface area (Å²) >= 11 is 1.18. The summed E-state index contributed by atoms with van der Waals surface area (Å²) < 4.78 is 53.0. The molecule has 0 atom stereocenters. The Morgan fingerprint density at radius 3 is 2.54 bits per heavy atom. The lowest BCUT2D eigenvalue weighted by atomic mass is 10.3. The summed E-state index contributed by atoms with van der Waals surface area (Å²) in [6, 6.07) is 7.78. The first-order valence-electron chi connectivity index (χ1n) is 7.85. The molecule has 28 heavy (non-hydrogen) atoms. The molecule has 3 aromatic heterocycles. The SMILES string of the molecule is Nc1nn(Cc2nnc(Nc3ccc(F)cc3)s2)c2nc(C(F)(F)F)ccc12. The quantitative estimate of drug-likeness (QED) is 0.498. The number of halogens is 4. The van der Waals surface area contributed by atoms with Gasteiger partial charge < -0.3 is 11.1 Å². The summed E-state index contributed by atoms with van der Waals surface area (Å²) in [5.41, 5.74) is 5.38. The van der Waals surface area contributed by atoms with Crippen LogP contribution in [-0.2, 0) is 12.7 Å². The zero-order chi connectivity index (χ0) is 19.9. The minimum atomic E-state index is -4.58. The molecule has 0 radical (unpaired) electrons. The Hall–Kier alpha value is -3.28. The number of nitrogens with two attached hydrogens (primary N) is 1. The van der Waals surface area contributed by atoms with Crippen LogP contribution >= 0.6 is 11.3 Å². The number of rotatable bonds is 4. The predicted molar refractivity (Wildman–Crippen MR) is 95.6 cm³/mol. The molecule has 0 amide bonds. The number of hydrogen-bond acceptors (Lipinski definition) is 7. The van der Waals surface area contributed by atoms with Crippen molar-refractivity contribution in [1.82, 2.24) is 25.0 Å². The van der Waals surface area contributed by atoms with Crippen molar-refractivity contribution in [3.05, 3.63) is 52.9 Å². The summed E-state index contributed by atoms with van der Waals surface area (Å²) in [5, 5.41) is 16.2. The number of benzene rings is 1. The molecule has 3 N–H and O–H groups in total. The molecular formula is C16H11F4N7S. The number of fused-ring (bicyclic) bond motifs is 1. The van der Waals surface area contributed by atoms with E-state index in [4.69, 9.17) is 5.73 Å². The van der Waals surface area contributed by atoms with Gasteiger partial charge in [0.05, 0.1) is 11.9 Å². The van der Waals surface area contributed by atoms with Crippen molar-refractivity contribution in [2.45, 2.75) is 12.7 Å². The smallest absolute Gasteiger partial charge is 0.382 e. The van der Waals surface area contributed by atoms with Gasteiger partial charge in [-0.3, -0.25) is 0 Å². The van der Waals surface area contributed by atoms with E-state index in [-0.39, 0.29) is 23.8 Å². The number of pyridine rings is 1. The largest absolute Gasteiger partial charge is 0.433 e. The minimum absolute atomic E-state index is 0.00979. The van der Waals surface area contributed by atoms with E-state index in [1.165, 1.54) is 34.2 Å². The molecule has 0 saturated carbocycles. The second-order valence-corrected chi connectivity index (χ2v) is 6.80. The lowest BCUT2D eigenvalue weighted by molar-refractivity contribution is -0.141. The van der Waals surface area contributed by atoms with E-state index in [0.29, 0.717) is 21.2 Å². The van der Waals surface area contributed by atoms with Crippen LogP contribution in [0.3, 0.4) is 0 Å². The molecule has 0 aliphatic heterocycles. The van der Waals surface area contributed by atoms with E-state index in [1.807, 2.05) is 0 Å². The Morgan fingerprint density at radius 2 is 1.82 bits per heavy atom. The number of alkyl halides is 3. The first kappa shape index (κ1) is 18.1. The third-order valence-corrected chi connectivity index (χ3v) is 4.59. The van der Waals surface area contributed by atoms with Crippen LogP contribution in [0.5, 0.6) is 0 Å². The van der Waals surface area contributed by atoms with Gasteiger partial charge in [-0.25, -0.2) is 14.1 Å². The van der Waals surface area contributed by atoms with Gasteiger partial charge in [0.2, 0.25) is 5.13 Å². The number of nitrogens with one attached hydrogen (secondary N) is 1. The number of nitrogen functional groups attached to an aromatic ring is 1. The number of hydrogen-bond donors (Lipinski definition) is 2. The van der Waals surface area contributed by atoms with Gasteiger partial charge in [-0.1, -0.05) is 11.3 Å². The van der Waals surface area contributed by atoms with Crippen molar-refractivity contribution in [3.63, 3.8) is 0 Å². The van der Waals surface area contributed by atoms with Gasteiger partial charge in [0.1, 0.15) is 16.5 Å². The highest BCUT2D eigenvalue weighted by Crippen LogP contribution is 2.30. The Balaban J connectivity index is 1.60. The Bertz CT molecular complexity index is 1130. The van der Waals surface area contributed by atoms with Crippen molar-refractivity contribution < 1.29 is 17.6 Å². The topological polar surface area (TPSA) is 94.5 Å². The van der Waals surface area contributed by atoms with E-state index < -0.39 is 11.9 Å². The summed E-state index contributed by atoms with van der Waals surface area (Å²) in [6.45, 7) is 0.0464. The van der Waals surface area contributed by atoms with E-state index in [2.05, 4.69) is 25.6 Å². The molecule has 4 rings (SSSR count). The van der Waals surface area contributed by atoms with E-state index >= 15 is 0 Å². The Kier molecular flexibility index (Phi) is 4.34. The summed E-state index contributed by atoms with van der Waals surface area (Å²) in [7, 11) is 0. The van der Waals surface area contributed by atoms with Gasteiger partial charge in [0.15, 0.2) is 11.5 Å². The van der Waals surface area contributed by atoms with E-state index in [9.17, 15) is 17.6 Å². The molecule has 0 bridgehead atoms. The van der Waals surface area contributed by atoms with Gasteiger partial charge in [-0.15, -0.1) is 10.2 Å². The fourth-order valence-electron chi connectivity index (χ4n) is 2.50. The average Bonchev–Trinajstić information content (AvgIpc) is 3.21. The highest BCUT2D eigenvalue weighted by atomic mass is 32.1. The zero-order valence-corrected chi connectivity index (χ0v) is 14.7. The summed E-state index contributed by atoms with van der Waals surface area (Å²) in [4.78, 5) is 3.65. The maximum absolute atomic E-state index is 13.0. The van der Waals surface area contributed by atoms with Gasteiger partial charge >= 0.3 is 6.18 Å². The predicted octanol–water partition coefficient (Wildman–Crippen LogP) is 3.81. The maximum Gasteiger partial charge on any atom is 0.433 e. The second-order valence-electron chi connectivity index (χ2n) is 5.74. The van der Waals surface area contributed by atoms with Gasteiger partial charge in [0, 0.05) is 5.69 Å². The Labute approximate surface area is 158 Å². The number of nitrogens with zero attached hydrogens (tertiary/aromatic N) is 5.